The summed E-state index contributed by atoms with van der Waals surface area (Å²) in [6, 6.07) is -0.688. The van der Waals surface area contributed by atoms with E-state index >= 15 is 0 Å². The summed E-state index contributed by atoms with van der Waals surface area (Å²) in [5, 5.41) is 8.98. The third kappa shape index (κ3) is 16.6. The van der Waals surface area contributed by atoms with E-state index in [1.165, 1.54) is 10.8 Å². The number of azide groups is 1. The van der Waals surface area contributed by atoms with Crippen molar-refractivity contribution in [2.45, 2.75) is 90.0 Å². The second-order valence-corrected chi connectivity index (χ2v) is 10.9. The van der Waals surface area contributed by atoms with E-state index in [2.05, 4.69) is 93.3 Å². The van der Waals surface area contributed by atoms with Crippen LogP contribution in [0, 0.1) is 6.92 Å². The van der Waals surface area contributed by atoms with Gasteiger partial charge < -0.3 is 20.1 Å². The zero-order valence-corrected chi connectivity index (χ0v) is 28.0. The van der Waals surface area contributed by atoms with Crippen LogP contribution < -0.4 is 21.9 Å². The van der Waals surface area contributed by atoms with Crippen LogP contribution in [0.3, 0.4) is 0 Å². The van der Waals surface area contributed by atoms with Gasteiger partial charge in [-0.25, -0.2) is 9.59 Å². The number of aromatic nitrogens is 2. The molecule has 48 heavy (non-hydrogen) atoms. The van der Waals surface area contributed by atoms with Crippen LogP contribution in [0.4, 0.5) is 4.79 Å². The Kier molecular flexibility index (Phi) is 19.9. The van der Waals surface area contributed by atoms with Crippen molar-refractivity contribution in [2.24, 2.45) is 5.11 Å². The van der Waals surface area contributed by atoms with Crippen molar-refractivity contribution < 1.29 is 19.1 Å². The Morgan fingerprint density at radius 1 is 0.958 bits per heavy atom. The van der Waals surface area contributed by atoms with Crippen LogP contribution in [0.1, 0.15) is 76.5 Å². The fourth-order valence-electron chi connectivity index (χ4n) is 4.54. The van der Waals surface area contributed by atoms with Crippen LogP contribution in [0.15, 0.2) is 93.8 Å². The number of hydrogen-bond donors (Lipinski definition) is 3. The molecule has 13 nitrogen and oxygen atoms in total. The number of alkyl carbamates (subject to hydrolysis) is 1. The minimum atomic E-state index is -0.802. The third-order valence-electron chi connectivity index (χ3n) is 7.09. The summed E-state index contributed by atoms with van der Waals surface area (Å²) in [5.74, 6) is -0.125. The minimum Gasteiger partial charge on any atom is -0.447 e. The second-order valence-electron chi connectivity index (χ2n) is 10.9. The Hall–Kier alpha value is -4.87. The molecule has 1 aromatic heterocycles. The van der Waals surface area contributed by atoms with E-state index < -0.39 is 35.7 Å². The van der Waals surface area contributed by atoms with Gasteiger partial charge in [0.2, 0.25) is 5.91 Å². The summed E-state index contributed by atoms with van der Waals surface area (Å²) < 4.78 is 12.2. The average molecular weight is 664 g/mol. The van der Waals surface area contributed by atoms with Gasteiger partial charge in [0.1, 0.15) is 18.9 Å². The van der Waals surface area contributed by atoms with E-state index in [9.17, 15) is 19.2 Å². The van der Waals surface area contributed by atoms with Gasteiger partial charge in [-0.15, -0.1) is 0 Å². The Bertz CT molecular complexity index is 1480. The first-order valence-corrected chi connectivity index (χ1v) is 16.4. The minimum absolute atomic E-state index is 0.125. The molecule has 0 unspecified atom stereocenters. The molecule has 0 saturated carbocycles. The van der Waals surface area contributed by atoms with Gasteiger partial charge in [-0.05, 0) is 57.4 Å². The molecule has 2 heterocycles. The van der Waals surface area contributed by atoms with Crippen molar-refractivity contribution in [1.82, 2.24) is 20.2 Å². The molecular weight excluding hydrogens is 614 g/mol. The maximum absolute atomic E-state index is 12.2. The summed E-state index contributed by atoms with van der Waals surface area (Å²) in [7, 11) is 0. The summed E-state index contributed by atoms with van der Waals surface area (Å²) >= 11 is 0. The van der Waals surface area contributed by atoms with Crippen LogP contribution in [0.25, 0.3) is 10.4 Å². The molecule has 0 aromatic carbocycles. The van der Waals surface area contributed by atoms with Gasteiger partial charge in [0.05, 0.1) is 6.04 Å². The number of ether oxygens (including phenoxy) is 2. The first kappa shape index (κ1) is 39.3. The first-order chi connectivity index (χ1) is 23.3. The molecule has 260 valence electrons. The highest BCUT2D eigenvalue weighted by atomic mass is 16.6. The van der Waals surface area contributed by atoms with E-state index in [-0.39, 0.29) is 32.0 Å². The summed E-state index contributed by atoms with van der Waals surface area (Å²) in [4.78, 5) is 53.1. The molecule has 3 N–H and O–H groups in total. The van der Waals surface area contributed by atoms with E-state index in [0.717, 1.165) is 38.5 Å². The maximum atomic E-state index is 12.2. The molecule has 13 heteroatoms. The van der Waals surface area contributed by atoms with Crippen LogP contribution in [0.2, 0.25) is 0 Å². The number of allylic oxidation sites excluding steroid dienone is 12. The normalized spacial score (nSPS) is 18.2. The quantitative estimate of drug-likeness (QED) is 0.0468. The van der Waals surface area contributed by atoms with Crippen LogP contribution in [-0.2, 0) is 14.3 Å². The van der Waals surface area contributed by atoms with Gasteiger partial charge in [0.15, 0.2) is 0 Å². The van der Waals surface area contributed by atoms with E-state index in [0.29, 0.717) is 18.4 Å². The van der Waals surface area contributed by atoms with Crippen molar-refractivity contribution >= 4 is 12.0 Å². The Morgan fingerprint density at radius 3 is 2.10 bits per heavy atom. The predicted octanol–water partition coefficient (Wildman–Crippen LogP) is 6.13. The molecule has 2 rings (SSSR count). The van der Waals surface area contributed by atoms with Crippen LogP contribution >= 0.6 is 0 Å². The van der Waals surface area contributed by atoms with Crippen molar-refractivity contribution in [2.75, 3.05) is 19.7 Å². The lowest BCUT2D eigenvalue weighted by Crippen LogP contribution is -2.36. The lowest BCUT2D eigenvalue weighted by Gasteiger charge is -2.17. The largest absolute Gasteiger partial charge is 0.447 e. The predicted molar refractivity (Wildman–Crippen MR) is 187 cm³/mol. The molecule has 0 bridgehead atoms. The fourth-order valence-corrected chi connectivity index (χ4v) is 4.54. The molecular formula is C35H49N7O6. The molecule has 0 radical (unpaired) electrons. The Balaban J connectivity index is 1.52. The van der Waals surface area contributed by atoms with Crippen molar-refractivity contribution in [3.63, 3.8) is 0 Å². The molecule has 3 atom stereocenters. The SMILES string of the molecule is CC/C=C\C/C=C\C/C=C\C/C=C\C/C=C\C/C=C\CCC(=O)NCCNC(=O)OC[C@H]1O[C@H](n2cc(C)c(=O)[nH]c2=O)C[C@@H]1N=[N+]=[N-]. The van der Waals surface area contributed by atoms with Gasteiger partial charge in [-0.2, -0.15) is 0 Å². The number of hydrogen-bond acceptors (Lipinski definition) is 7. The number of H-pyrrole nitrogens is 1. The Labute approximate surface area is 281 Å². The molecule has 1 aliphatic heterocycles. The first-order valence-electron chi connectivity index (χ1n) is 16.4. The van der Waals surface area contributed by atoms with Gasteiger partial charge in [0.25, 0.3) is 5.56 Å². The highest BCUT2D eigenvalue weighted by Crippen LogP contribution is 2.30. The molecule has 1 saturated heterocycles. The van der Waals surface area contributed by atoms with Gasteiger partial charge >= 0.3 is 11.8 Å². The zero-order valence-electron chi connectivity index (χ0n) is 28.0. The molecule has 2 amide bonds. The molecule has 1 aliphatic rings. The van der Waals surface area contributed by atoms with E-state index in [4.69, 9.17) is 15.0 Å². The summed E-state index contributed by atoms with van der Waals surface area (Å²) in [6.45, 7) is 3.85. The number of carbonyl (C=O) groups excluding carboxylic acids is 2. The lowest BCUT2D eigenvalue weighted by molar-refractivity contribution is -0.120. The molecule has 0 spiro atoms. The van der Waals surface area contributed by atoms with Gasteiger partial charge in [-0.3, -0.25) is 19.1 Å². The Morgan fingerprint density at radius 2 is 1.52 bits per heavy atom. The highest BCUT2D eigenvalue weighted by Gasteiger charge is 2.37. The molecule has 1 fully saturated rings. The van der Waals surface area contributed by atoms with Crippen molar-refractivity contribution in [3.05, 3.63) is 116 Å². The monoisotopic (exact) mass is 663 g/mol. The fraction of sp³-hybridized carbons (Fsp3) is 0.486. The van der Waals surface area contributed by atoms with Crippen molar-refractivity contribution in [1.29, 1.82) is 0 Å². The second kappa shape index (κ2) is 24.3. The standard InChI is InChI=1S/C35H49N7O6/c1-3-4-5-6-7-8-9-10-11-12-13-14-15-16-17-18-19-20-21-22-31(43)37-23-24-38-35(46)47-27-30-29(40-41-36)25-32(48-30)42-26-28(2)33(44)39-34(42)45/h4-5,7-8,10-11,13-14,16-17,19-20,26,29-30,32H,3,6,9,12,15,18,21-25,27H2,1-2H3,(H,37,43)(H,38,46)(H,39,44,45)/b5-4-,8-7-,11-10-,14-13-,17-16-,20-19-/t29-,30+,32-/m0/s1. The van der Waals surface area contributed by atoms with Crippen LogP contribution in [-0.4, -0.2) is 53.4 Å². The number of aryl methyl sites for hydroxylation is 1. The van der Waals surface area contributed by atoms with Crippen molar-refractivity contribution in [3.8, 4) is 0 Å². The molecule has 0 aliphatic carbocycles. The summed E-state index contributed by atoms with van der Waals surface area (Å²) in [5.41, 5.74) is 8.06. The number of aromatic amines is 1. The number of carbonyl (C=O) groups is 2. The number of amides is 2. The van der Waals surface area contributed by atoms with Gasteiger partial charge in [-0.1, -0.05) is 85.0 Å². The number of nitrogens with zero attached hydrogens (tertiary/aromatic N) is 4. The third-order valence-corrected chi connectivity index (χ3v) is 7.09. The molecule has 1 aromatic rings. The topological polar surface area (TPSA) is 180 Å². The zero-order chi connectivity index (χ0) is 34.8. The highest BCUT2D eigenvalue weighted by molar-refractivity contribution is 5.76. The maximum Gasteiger partial charge on any atom is 0.407 e. The van der Waals surface area contributed by atoms with E-state index in [1.807, 2.05) is 12.2 Å². The smallest absolute Gasteiger partial charge is 0.407 e. The lowest BCUT2D eigenvalue weighted by atomic mass is 10.1. The number of nitrogens with one attached hydrogen (secondary N) is 3. The van der Waals surface area contributed by atoms with Gasteiger partial charge in [0, 0.05) is 42.6 Å². The average Bonchev–Trinajstić information content (AvgIpc) is 3.47. The number of rotatable bonds is 21. The summed E-state index contributed by atoms with van der Waals surface area (Å²) in [6.07, 6.45) is 31.5. The van der Waals surface area contributed by atoms with Crippen LogP contribution in [0.5, 0.6) is 0 Å². The van der Waals surface area contributed by atoms with E-state index in [1.54, 1.807) is 6.92 Å².